The van der Waals surface area contributed by atoms with Crippen molar-refractivity contribution in [3.8, 4) is 11.5 Å². The molecule has 204 valence electrons. The van der Waals surface area contributed by atoms with Crippen LogP contribution in [0, 0.1) is 26.7 Å². The second-order valence-corrected chi connectivity index (χ2v) is 11.2. The molecule has 2 amide bonds. The number of hydrogen-bond donors (Lipinski definition) is 1. The number of furan rings is 1. The third-order valence-corrected chi connectivity index (χ3v) is 8.54. The van der Waals surface area contributed by atoms with Gasteiger partial charge >= 0.3 is 0 Å². The van der Waals surface area contributed by atoms with E-state index < -0.39 is 0 Å². The molecular formula is C30H34N4O5. The van der Waals surface area contributed by atoms with Crippen LogP contribution in [0.15, 0.2) is 41.1 Å². The Kier molecular flexibility index (Phi) is 6.33. The molecule has 1 unspecified atom stereocenters. The van der Waals surface area contributed by atoms with Gasteiger partial charge < -0.3 is 24.1 Å². The van der Waals surface area contributed by atoms with Gasteiger partial charge in [-0.3, -0.25) is 9.59 Å². The van der Waals surface area contributed by atoms with Crippen molar-refractivity contribution in [1.29, 1.82) is 0 Å². The summed E-state index contributed by atoms with van der Waals surface area (Å²) >= 11 is 0. The Morgan fingerprint density at radius 3 is 2.67 bits per heavy atom. The minimum Gasteiger partial charge on any atom is -0.460 e. The zero-order valence-electron chi connectivity index (χ0n) is 22.8. The first kappa shape index (κ1) is 25.4. The lowest BCUT2D eigenvalue weighted by atomic mass is 9.50. The quantitative estimate of drug-likeness (QED) is 0.340. The van der Waals surface area contributed by atoms with Gasteiger partial charge in [0.05, 0.1) is 24.4 Å². The highest BCUT2D eigenvalue weighted by Gasteiger charge is 2.57. The summed E-state index contributed by atoms with van der Waals surface area (Å²) < 4.78 is 18.8. The Bertz CT molecular complexity index is 1550. The van der Waals surface area contributed by atoms with E-state index in [9.17, 15) is 9.59 Å². The van der Waals surface area contributed by atoms with Crippen LogP contribution in [0.25, 0.3) is 16.5 Å². The van der Waals surface area contributed by atoms with Crippen molar-refractivity contribution in [2.75, 3.05) is 20.3 Å². The number of amides is 2. The first-order chi connectivity index (χ1) is 18.8. The Morgan fingerprint density at radius 2 is 2.03 bits per heavy atom. The number of hydrogen-bond acceptors (Lipinski definition) is 6. The van der Waals surface area contributed by atoms with E-state index in [2.05, 4.69) is 24.3 Å². The first-order valence-electron chi connectivity index (χ1n) is 13.5. The molecule has 1 saturated heterocycles. The molecule has 3 saturated carbocycles. The zero-order chi connectivity index (χ0) is 27.3. The summed E-state index contributed by atoms with van der Waals surface area (Å²) in [5.74, 6) is 2.82. The Balaban J connectivity index is 0.000000263. The lowest BCUT2D eigenvalue weighted by molar-refractivity contribution is -0.126. The molecule has 1 aliphatic heterocycles. The normalized spacial score (nSPS) is 22.8. The van der Waals surface area contributed by atoms with Gasteiger partial charge in [-0.2, -0.15) is 5.10 Å². The van der Waals surface area contributed by atoms with Crippen molar-refractivity contribution in [1.82, 2.24) is 19.8 Å². The average molecular weight is 531 g/mol. The average Bonchev–Trinajstić information content (AvgIpc) is 3.34. The minimum atomic E-state index is -0.0341. The molecule has 2 bridgehead atoms. The molecule has 3 aliphatic carbocycles. The van der Waals surface area contributed by atoms with Gasteiger partial charge in [0.2, 0.25) is 6.41 Å². The van der Waals surface area contributed by atoms with Crippen LogP contribution in [0.5, 0.6) is 11.5 Å². The maximum Gasteiger partial charge on any atom is 0.255 e. The number of carbonyl (C=O) groups excluding carboxylic acids is 2. The van der Waals surface area contributed by atoms with Crippen molar-refractivity contribution in [2.45, 2.75) is 58.0 Å². The van der Waals surface area contributed by atoms with E-state index >= 15 is 0 Å². The Labute approximate surface area is 227 Å². The Hall–Kier alpha value is -3.85. The molecule has 0 radical (unpaired) electrons. The van der Waals surface area contributed by atoms with E-state index in [1.807, 2.05) is 41.9 Å². The predicted octanol–water partition coefficient (Wildman–Crippen LogP) is 4.94. The molecule has 9 heteroatoms. The SMILES string of the molecule is COCC1CCN1C=O.Cc1cn2nccc(Oc3ccc4c(C(=O)NC56CC(C5)C6)c(C)oc4c3)c2c1C. The standard InChI is InChI=1S/C24H23N3O3.C6H11NO2/c1-13-12-27-22(14(13)2)19(6-7-25-27)30-17-4-5-18-20(8-17)29-15(3)21(18)23(28)26-24-9-16(10-24)11-24;1-9-4-6-2-3-7(6)5-8/h4-8,12,16H,9-11H2,1-3H3,(H,26,28);5-6H,2-4H2,1H3. The van der Waals surface area contributed by atoms with Crippen LogP contribution < -0.4 is 10.1 Å². The fourth-order valence-corrected chi connectivity index (χ4v) is 6.00. The Morgan fingerprint density at radius 1 is 1.23 bits per heavy atom. The molecule has 4 aliphatic rings. The molecule has 9 nitrogen and oxygen atoms in total. The van der Waals surface area contributed by atoms with E-state index in [-0.39, 0.29) is 11.4 Å². The molecule has 4 aromatic rings. The van der Waals surface area contributed by atoms with Gasteiger partial charge in [-0.05, 0) is 75.6 Å². The van der Waals surface area contributed by atoms with Crippen molar-refractivity contribution >= 4 is 28.8 Å². The maximum atomic E-state index is 12.9. The number of aromatic nitrogens is 2. The van der Waals surface area contributed by atoms with Crippen LogP contribution >= 0.6 is 0 Å². The van der Waals surface area contributed by atoms with Crippen molar-refractivity contribution in [3.05, 3.63) is 59.1 Å². The summed E-state index contributed by atoms with van der Waals surface area (Å²) in [5.41, 5.74) is 4.58. The summed E-state index contributed by atoms with van der Waals surface area (Å²) in [6, 6.07) is 7.86. The number of nitrogens with one attached hydrogen (secondary N) is 1. The smallest absolute Gasteiger partial charge is 0.255 e. The summed E-state index contributed by atoms with van der Waals surface area (Å²) in [4.78, 5) is 24.8. The van der Waals surface area contributed by atoms with Gasteiger partial charge in [0.1, 0.15) is 22.6 Å². The highest BCUT2D eigenvalue weighted by molar-refractivity contribution is 6.07. The molecule has 4 fully saturated rings. The van der Waals surface area contributed by atoms with Crippen LogP contribution in [-0.4, -0.2) is 58.7 Å². The number of ether oxygens (including phenoxy) is 2. The third-order valence-electron chi connectivity index (χ3n) is 8.54. The number of nitrogens with zero attached hydrogens (tertiary/aromatic N) is 3. The summed E-state index contributed by atoms with van der Waals surface area (Å²) in [6.07, 6.45) is 9.04. The summed E-state index contributed by atoms with van der Waals surface area (Å²) in [5, 5.41) is 8.42. The van der Waals surface area contributed by atoms with Gasteiger partial charge in [-0.25, -0.2) is 4.52 Å². The van der Waals surface area contributed by atoms with Gasteiger partial charge in [0.25, 0.3) is 5.91 Å². The summed E-state index contributed by atoms with van der Waals surface area (Å²) in [7, 11) is 1.65. The molecule has 0 spiro atoms. The zero-order valence-corrected chi connectivity index (χ0v) is 22.8. The molecular weight excluding hydrogens is 496 g/mol. The lowest BCUT2D eigenvalue weighted by Gasteiger charge is -2.61. The van der Waals surface area contributed by atoms with Crippen molar-refractivity contribution < 1.29 is 23.5 Å². The van der Waals surface area contributed by atoms with Gasteiger partial charge in [0.15, 0.2) is 5.75 Å². The number of fused-ring (bicyclic) bond motifs is 2. The van der Waals surface area contributed by atoms with Gasteiger partial charge in [-0.1, -0.05) is 0 Å². The minimum absolute atomic E-state index is 0.0341. The van der Waals surface area contributed by atoms with E-state index in [1.165, 1.54) is 0 Å². The largest absolute Gasteiger partial charge is 0.460 e. The van der Waals surface area contributed by atoms with Gasteiger partial charge in [-0.15, -0.1) is 0 Å². The number of likely N-dealkylation sites (tertiary alicyclic amines) is 1. The second-order valence-electron chi connectivity index (χ2n) is 11.2. The molecule has 4 heterocycles. The van der Waals surface area contributed by atoms with Crippen molar-refractivity contribution in [3.63, 3.8) is 0 Å². The number of benzene rings is 1. The van der Waals surface area contributed by atoms with Crippen LogP contribution in [0.4, 0.5) is 0 Å². The van der Waals surface area contributed by atoms with Crippen LogP contribution in [-0.2, 0) is 9.53 Å². The van der Waals surface area contributed by atoms with Crippen LogP contribution in [0.3, 0.4) is 0 Å². The van der Waals surface area contributed by atoms with Crippen LogP contribution in [0.1, 0.15) is 52.9 Å². The molecule has 1 atom stereocenters. The molecule has 1 N–H and O–H groups in total. The topological polar surface area (TPSA) is 98.3 Å². The molecule has 1 aromatic carbocycles. The number of methoxy groups -OCH3 is 1. The number of aryl methyl sites for hydroxylation is 3. The second kappa shape index (κ2) is 9.72. The monoisotopic (exact) mass is 530 g/mol. The van der Waals surface area contributed by atoms with E-state index in [0.717, 1.165) is 72.3 Å². The summed E-state index contributed by atoms with van der Waals surface area (Å²) in [6.45, 7) is 7.55. The number of carbonyl (C=O) groups is 2. The highest BCUT2D eigenvalue weighted by Crippen LogP contribution is 2.57. The van der Waals surface area contributed by atoms with Crippen molar-refractivity contribution in [2.24, 2.45) is 5.92 Å². The van der Waals surface area contributed by atoms with Crippen LogP contribution in [0.2, 0.25) is 0 Å². The molecule has 3 aromatic heterocycles. The highest BCUT2D eigenvalue weighted by atomic mass is 16.5. The number of rotatable bonds is 7. The first-order valence-corrected chi connectivity index (χ1v) is 13.5. The van der Waals surface area contributed by atoms with E-state index in [1.54, 1.807) is 18.2 Å². The maximum absolute atomic E-state index is 12.9. The molecule has 8 rings (SSSR count). The lowest BCUT2D eigenvalue weighted by Crippen LogP contribution is -2.68. The van der Waals surface area contributed by atoms with E-state index in [0.29, 0.717) is 35.3 Å². The van der Waals surface area contributed by atoms with Gasteiger partial charge in [0, 0.05) is 42.9 Å². The fraction of sp³-hybridized carbons (Fsp3) is 0.433. The fourth-order valence-electron chi connectivity index (χ4n) is 6.00. The third kappa shape index (κ3) is 4.44. The van der Waals surface area contributed by atoms with E-state index in [4.69, 9.17) is 13.9 Å². The molecule has 39 heavy (non-hydrogen) atoms. The predicted molar refractivity (Wildman–Crippen MR) is 146 cm³/mol.